The number of nitrogens with two attached hydrogens (primary N) is 1. The number of imidazole rings is 1. The Morgan fingerprint density at radius 2 is 1.69 bits per heavy atom. The predicted molar refractivity (Wildman–Crippen MR) is 118 cm³/mol. The number of H-pyrrole nitrogens is 1. The second-order valence-corrected chi connectivity index (χ2v) is 6.90. The quantitative estimate of drug-likeness (QED) is 0.346. The van der Waals surface area contributed by atoms with E-state index in [1.165, 1.54) is 0 Å². The van der Waals surface area contributed by atoms with Gasteiger partial charge < -0.3 is 25.9 Å². The molecule has 3 amide bonds. The molecule has 0 unspecified atom stereocenters. The fourth-order valence-corrected chi connectivity index (χ4v) is 2.88. The molecule has 0 aliphatic rings. The van der Waals surface area contributed by atoms with Crippen molar-refractivity contribution in [3.05, 3.63) is 71.2 Å². The molecule has 3 rings (SSSR count). The van der Waals surface area contributed by atoms with Crippen LogP contribution in [0.3, 0.4) is 0 Å². The number of hydrogen-bond acceptors (Lipinski definition) is 5. The standard InChI is InChI=1S/C22H23N5O5/c1-2-13-3-7-15(8-4-13)24-22(31)27-21-19(20(23)30)25-17(26-21)12-32-16-9-5-14(6-10-16)11-18(28)29/h3-10H,2,11-12H2,1H3,(H2,23,30)(H,25,26)(H,28,29)(H2,24,27,31). The number of carboxylic acids is 1. The van der Waals surface area contributed by atoms with E-state index >= 15 is 0 Å². The van der Waals surface area contributed by atoms with Crippen molar-refractivity contribution in [2.75, 3.05) is 10.6 Å². The normalized spacial score (nSPS) is 10.4. The van der Waals surface area contributed by atoms with E-state index in [0.29, 0.717) is 17.0 Å². The van der Waals surface area contributed by atoms with Gasteiger partial charge in [-0.1, -0.05) is 31.2 Å². The average molecular weight is 437 g/mol. The maximum atomic E-state index is 12.3. The van der Waals surface area contributed by atoms with Crippen LogP contribution in [-0.2, 0) is 24.2 Å². The zero-order valence-corrected chi connectivity index (χ0v) is 17.3. The van der Waals surface area contributed by atoms with E-state index in [4.69, 9.17) is 15.6 Å². The lowest BCUT2D eigenvalue weighted by atomic mass is 10.1. The van der Waals surface area contributed by atoms with E-state index in [-0.39, 0.29) is 30.4 Å². The number of carbonyl (C=O) groups is 3. The number of carbonyl (C=O) groups excluding carboxylic acids is 2. The Morgan fingerprint density at radius 1 is 1.03 bits per heavy atom. The van der Waals surface area contributed by atoms with Crippen molar-refractivity contribution in [1.82, 2.24) is 9.97 Å². The van der Waals surface area contributed by atoms with Gasteiger partial charge in [-0.3, -0.25) is 14.9 Å². The molecule has 0 saturated carbocycles. The number of amides is 3. The van der Waals surface area contributed by atoms with Crippen LogP contribution >= 0.6 is 0 Å². The van der Waals surface area contributed by atoms with Gasteiger partial charge in [-0.2, -0.15) is 0 Å². The van der Waals surface area contributed by atoms with Crippen molar-refractivity contribution >= 4 is 29.4 Å². The summed E-state index contributed by atoms with van der Waals surface area (Å²) < 4.78 is 5.60. The Morgan fingerprint density at radius 3 is 2.28 bits per heavy atom. The summed E-state index contributed by atoms with van der Waals surface area (Å²) in [7, 11) is 0. The van der Waals surface area contributed by atoms with Crippen LogP contribution in [0.4, 0.5) is 16.3 Å². The van der Waals surface area contributed by atoms with E-state index in [1.54, 1.807) is 36.4 Å². The highest BCUT2D eigenvalue weighted by atomic mass is 16.5. The number of anilines is 2. The zero-order chi connectivity index (χ0) is 23.1. The largest absolute Gasteiger partial charge is 0.486 e. The van der Waals surface area contributed by atoms with Gasteiger partial charge in [-0.15, -0.1) is 0 Å². The fourth-order valence-electron chi connectivity index (χ4n) is 2.88. The van der Waals surface area contributed by atoms with Crippen LogP contribution in [0.25, 0.3) is 0 Å². The first-order valence-corrected chi connectivity index (χ1v) is 9.83. The molecule has 10 nitrogen and oxygen atoms in total. The number of ether oxygens (including phenoxy) is 1. The Bertz CT molecular complexity index is 1110. The van der Waals surface area contributed by atoms with E-state index in [0.717, 1.165) is 12.0 Å². The molecule has 3 aromatic rings. The van der Waals surface area contributed by atoms with Gasteiger partial charge in [0.2, 0.25) is 0 Å². The minimum atomic E-state index is -0.921. The third-order valence-electron chi connectivity index (χ3n) is 4.51. The minimum absolute atomic E-state index is 0.0180. The Labute approximate surface area is 183 Å². The van der Waals surface area contributed by atoms with Gasteiger partial charge in [0.05, 0.1) is 6.42 Å². The predicted octanol–water partition coefficient (Wildman–Crippen LogP) is 2.92. The topological polar surface area (TPSA) is 159 Å². The number of benzene rings is 2. The summed E-state index contributed by atoms with van der Waals surface area (Å²) in [6, 6.07) is 13.3. The number of primary amides is 1. The summed E-state index contributed by atoms with van der Waals surface area (Å²) in [5, 5.41) is 14.0. The molecule has 0 atom stereocenters. The van der Waals surface area contributed by atoms with Crippen molar-refractivity contribution in [3.63, 3.8) is 0 Å². The molecule has 0 radical (unpaired) electrons. The van der Waals surface area contributed by atoms with Crippen molar-refractivity contribution in [1.29, 1.82) is 0 Å². The number of nitrogens with one attached hydrogen (secondary N) is 3. The Kier molecular flexibility index (Phi) is 7.06. The highest BCUT2D eigenvalue weighted by molar-refractivity contribution is 6.04. The third kappa shape index (κ3) is 6.08. The van der Waals surface area contributed by atoms with Crippen LogP contribution in [0, 0.1) is 0 Å². The smallest absolute Gasteiger partial charge is 0.324 e. The number of aromatic nitrogens is 2. The van der Waals surface area contributed by atoms with E-state index in [2.05, 4.69) is 20.6 Å². The first-order valence-electron chi connectivity index (χ1n) is 9.83. The minimum Gasteiger partial charge on any atom is -0.486 e. The summed E-state index contributed by atoms with van der Waals surface area (Å²) in [6.07, 6.45) is 0.805. The molecule has 166 valence electrons. The van der Waals surface area contributed by atoms with Crippen LogP contribution in [0.2, 0.25) is 0 Å². The maximum absolute atomic E-state index is 12.3. The van der Waals surface area contributed by atoms with Crippen molar-refractivity contribution in [2.45, 2.75) is 26.4 Å². The van der Waals surface area contributed by atoms with E-state index in [9.17, 15) is 14.4 Å². The molecule has 1 heterocycles. The SMILES string of the molecule is CCc1ccc(NC(=O)Nc2nc(COc3ccc(CC(=O)O)cc3)[nH]c2C(N)=O)cc1. The average Bonchev–Trinajstić information content (AvgIpc) is 3.16. The lowest BCUT2D eigenvalue weighted by molar-refractivity contribution is -0.136. The molecule has 0 fully saturated rings. The second kappa shape index (κ2) is 10.1. The molecule has 6 N–H and O–H groups in total. The molecular weight excluding hydrogens is 414 g/mol. The molecule has 0 saturated heterocycles. The molecular formula is C22H23N5O5. The first-order chi connectivity index (χ1) is 15.3. The van der Waals surface area contributed by atoms with Crippen LogP contribution in [0.5, 0.6) is 5.75 Å². The molecule has 32 heavy (non-hydrogen) atoms. The molecule has 0 bridgehead atoms. The maximum Gasteiger partial charge on any atom is 0.324 e. The third-order valence-corrected chi connectivity index (χ3v) is 4.51. The molecule has 0 aliphatic heterocycles. The summed E-state index contributed by atoms with van der Waals surface area (Å²) in [5.41, 5.74) is 7.69. The number of urea groups is 1. The molecule has 1 aromatic heterocycles. The van der Waals surface area contributed by atoms with Gasteiger partial charge in [-0.25, -0.2) is 9.78 Å². The van der Waals surface area contributed by atoms with Crippen LogP contribution < -0.4 is 21.1 Å². The lowest BCUT2D eigenvalue weighted by Gasteiger charge is -2.07. The van der Waals surface area contributed by atoms with Crippen molar-refractivity contribution in [3.8, 4) is 5.75 Å². The summed E-state index contributed by atoms with van der Waals surface area (Å²) in [4.78, 5) is 41.7. The lowest BCUT2D eigenvalue weighted by Crippen LogP contribution is -2.22. The number of aliphatic carboxylic acids is 1. The number of carboxylic acid groups (broad SMARTS) is 1. The van der Waals surface area contributed by atoms with E-state index in [1.807, 2.05) is 19.1 Å². The van der Waals surface area contributed by atoms with Crippen LogP contribution in [0.1, 0.15) is 34.4 Å². The number of rotatable bonds is 9. The van der Waals surface area contributed by atoms with E-state index < -0.39 is 17.9 Å². The number of nitrogens with zero attached hydrogens (tertiary/aromatic N) is 1. The van der Waals surface area contributed by atoms with Gasteiger partial charge in [0, 0.05) is 5.69 Å². The van der Waals surface area contributed by atoms with Crippen molar-refractivity contribution < 1.29 is 24.2 Å². The highest BCUT2D eigenvalue weighted by Gasteiger charge is 2.17. The van der Waals surface area contributed by atoms with Crippen LogP contribution in [-0.4, -0.2) is 33.0 Å². The molecule has 2 aromatic carbocycles. The fraction of sp³-hybridized carbons (Fsp3) is 0.182. The number of aryl methyl sites for hydroxylation is 1. The van der Waals surface area contributed by atoms with Gasteiger partial charge >= 0.3 is 12.0 Å². The van der Waals surface area contributed by atoms with Gasteiger partial charge in [0.15, 0.2) is 5.82 Å². The monoisotopic (exact) mass is 437 g/mol. The first kappa shape index (κ1) is 22.3. The summed E-state index contributed by atoms with van der Waals surface area (Å²) in [5.74, 6) is -0.967. The molecule has 0 aliphatic carbocycles. The Hall–Kier alpha value is -4.34. The number of aromatic amines is 1. The number of hydrogen-bond donors (Lipinski definition) is 5. The van der Waals surface area contributed by atoms with Crippen LogP contribution in [0.15, 0.2) is 48.5 Å². The Balaban J connectivity index is 1.63. The second-order valence-electron chi connectivity index (χ2n) is 6.90. The summed E-state index contributed by atoms with van der Waals surface area (Å²) >= 11 is 0. The van der Waals surface area contributed by atoms with Gasteiger partial charge in [0.25, 0.3) is 5.91 Å². The van der Waals surface area contributed by atoms with Gasteiger partial charge in [0.1, 0.15) is 23.9 Å². The molecule has 0 spiro atoms. The van der Waals surface area contributed by atoms with Crippen molar-refractivity contribution in [2.24, 2.45) is 5.73 Å². The zero-order valence-electron chi connectivity index (χ0n) is 17.3. The summed E-state index contributed by atoms with van der Waals surface area (Å²) in [6.45, 7) is 2.01. The highest BCUT2D eigenvalue weighted by Crippen LogP contribution is 2.17. The van der Waals surface area contributed by atoms with Gasteiger partial charge in [-0.05, 0) is 41.8 Å². The molecule has 10 heteroatoms.